The van der Waals surface area contributed by atoms with Gasteiger partial charge in [0.1, 0.15) is 16.6 Å². The van der Waals surface area contributed by atoms with Crippen LogP contribution in [0.15, 0.2) is 78.2 Å². The van der Waals surface area contributed by atoms with Crippen LogP contribution in [0, 0.1) is 5.82 Å². The van der Waals surface area contributed by atoms with E-state index in [0.717, 1.165) is 22.3 Å². The maximum absolute atomic E-state index is 13.5. The molecule has 0 saturated carbocycles. The van der Waals surface area contributed by atoms with Crippen molar-refractivity contribution >= 4 is 34.3 Å². The van der Waals surface area contributed by atoms with Crippen LogP contribution < -0.4 is 15.0 Å². The highest BCUT2D eigenvalue weighted by molar-refractivity contribution is 7.15. The Morgan fingerprint density at radius 3 is 2.27 bits per heavy atom. The predicted molar refractivity (Wildman–Crippen MR) is 131 cm³/mol. The lowest BCUT2D eigenvalue weighted by molar-refractivity contribution is -0.105. The third kappa shape index (κ3) is 4.63. The molecule has 1 N–H and O–H groups in total. The highest BCUT2D eigenvalue weighted by Gasteiger charge is 2.24. The Morgan fingerprint density at radius 1 is 1.00 bits per heavy atom. The lowest BCUT2D eigenvalue weighted by Gasteiger charge is -2.19. The second-order valence-electron chi connectivity index (χ2n) is 7.27. The fraction of sp³-hybridized carbons (Fsp3) is 0.0769. The number of methoxy groups -OCH3 is 1. The summed E-state index contributed by atoms with van der Waals surface area (Å²) in [7, 11) is 3.25. The second-order valence-corrected chi connectivity index (χ2v) is 8.15. The molecule has 1 heterocycles. The monoisotopic (exact) mass is 460 g/mol. The standard InChI is InChI=1S/C26H21FN2O3S/c1-29(21-4-3-5-22(14-21)32-2)26(31)24-23(15-33-25(24)28-16-30)19-8-6-17(7-9-19)18-10-12-20(27)13-11-18/h3-16H,1-2H3,(H,28,30). The summed E-state index contributed by atoms with van der Waals surface area (Å²) in [6.45, 7) is 0. The molecule has 0 aliphatic rings. The zero-order chi connectivity index (χ0) is 23.4. The van der Waals surface area contributed by atoms with Gasteiger partial charge in [-0.15, -0.1) is 11.3 Å². The van der Waals surface area contributed by atoms with E-state index < -0.39 is 0 Å². The SMILES string of the molecule is COc1cccc(N(C)C(=O)c2c(-c3ccc(-c4ccc(F)cc4)cc3)csc2NC=O)c1. The highest BCUT2D eigenvalue weighted by Crippen LogP contribution is 2.38. The van der Waals surface area contributed by atoms with Crippen LogP contribution in [0.2, 0.25) is 0 Å². The molecule has 0 bridgehead atoms. The van der Waals surface area contributed by atoms with E-state index in [-0.39, 0.29) is 11.7 Å². The molecule has 33 heavy (non-hydrogen) atoms. The van der Waals surface area contributed by atoms with Gasteiger partial charge in [-0.1, -0.05) is 42.5 Å². The summed E-state index contributed by atoms with van der Waals surface area (Å²) in [5, 5.41) is 4.98. The van der Waals surface area contributed by atoms with Gasteiger partial charge in [-0.05, 0) is 41.0 Å². The van der Waals surface area contributed by atoms with Crippen molar-refractivity contribution in [1.82, 2.24) is 0 Å². The van der Waals surface area contributed by atoms with E-state index in [4.69, 9.17) is 4.74 Å². The van der Waals surface area contributed by atoms with Crippen LogP contribution in [0.5, 0.6) is 5.75 Å². The number of nitrogens with one attached hydrogen (secondary N) is 1. The van der Waals surface area contributed by atoms with E-state index in [1.165, 1.54) is 28.4 Å². The molecule has 0 unspecified atom stereocenters. The summed E-state index contributed by atoms with van der Waals surface area (Å²) in [5.74, 6) is 0.0962. The summed E-state index contributed by atoms with van der Waals surface area (Å²) in [6.07, 6.45) is 0.565. The van der Waals surface area contributed by atoms with Gasteiger partial charge in [0.25, 0.3) is 5.91 Å². The molecular weight excluding hydrogens is 439 g/mol. The minimum atomic E-state index is -0.285. The van der Waals surface area contributed by atoms with E-state index in [9.17, 15) is 14.0 Å². The van der Waals surface area contributed by atoms with Crippen LogP contribution in [0.3, 0.4) is 0 Å². The van der Waals surface area contributed by atoms with Gasteiger partial charge in [0.05, 0.1) is 12.7 Å². The van der Waals surface area contributed by atoms with Crippen molar-refractivity contribution in [2.75, 3.05) is 24.4 Å². The zero-order valence-electron chi connectivity index (χ0n) is 18.0. The van der Waals surface area contributed by atoms with Crippen molar-refractivity contribution in [3.8, 4) is 28.0 Å². The first-order chi connectivity index (χ1) is 16.0. The molecule has 4 aromatic rings. The molecule has 3 aromatic carbocycles. The molecule has 0 aliphatic heterocycles. The summed E-state index contributed by atoms with van der Waals surface area (Å²) in [6, 6.07) is 21.2. The number of anilines is 2. The molecule has 2 amide bonds. The second kappa shape index (κ2) is 9.67. The Bertz CT molecular complexity index is 1280. The number of hydrogen-bond acceptors (Lipinski definition) is 4. The van der Waals surface area contributed by atoms with Crippen molar-refractivity contribution < 1.29 is 18.7 Å². The Hall–Kier alpha value is -3.97. The van der Waals surface area contributed by atoms with Gasteiger partial charge in [0.15, 0.2) is 0 Å². The van der Waals surface area contributed by atoms with Crippen LogP contribution in [-0.2, 0) is 4.79 Å². The van der Waals surface area contributed by atoms with Gasteiger partial charge in [0.2, 0.25) is 6.41 Å². The minimum Gasteiger partial charge on any atom is -0.497 e. The Morgan fingerprint density at radius 2 is 1.64 bits per heavy atom. The normalized spacial score (nSPS) is 10.5. The fourth-order valence-electron chi connectivity index (χ4n) is 3.53. The molecule has 0 atom stereocenters. The van der Waals surface area contributed by atoms with E-state index in [0.29, 0.717) is 28.4 Å². The van der Waals surface area contributed by atoms with E-state index >= 15 is 0 Å². The third-order valence-electron chi connectivity index (χ3n) is 5.31. The van der Waals surface area contributed by atoms with Gasteiger partial charge in [-0.2, -0.15) is 0 Å². The van der Waals surface area contributed by atoms with Crippen LogP contribution in [-0.4, -0.2) is 26.5 Å². The van der Waals surface area contributed by atoms with E-state index in [1.54, 1.807) is 38.4 Å². The van der Waals surface area contributed by atoms with E-state index in [2.05, 4.69) is 5.32 Å². The number of nitrogens with zero attached hydrogens (tertiary/aromatic N) is 1. The van der Waals surface area contributed by atoms with Crippen molar-refractivity contribution in [3.63, 3.8) is 0 Å². The summed E-state index contributed by atoms with van der Waals surface area (Å²) in [4.78, 5) is 26.2. The topological polar surface area (TPSA) is 58.6 Å². The van der Waals surface area contributed by atoms with Gasteiger partial charge in [0, 0.05) is 29.7 Å². The molecule has 0 radical (unpaired) electrons. The number of amides is 2. The molecule has 7 heteroatoms. The van der Waals surface area contributed by atoms with Crippen LogP contribution >= 0.6 is 11.3 Å². The van der Waals surface area contributed by atoms with Crippen molar-refractivity contribution in [2.24, 2.45) is 0 Å². The van der Waals surface area contributed by atoms with Crippen molar-refractivity contribution in [1.29, 1.82) is 0 Å². The average Bonchev–Trinajstić information content (AvgIpc) is 3.27. The van der Waals surface area contributed by atoms with Crippen molar-refractivity contribution in [3.05, 3.63) is 89.6 Å². The minimum absolute atomic E-state index is 0.258. The third-order valence-corrected chi connectivity index (χ3v) is 6.22. The summed E-state index contributed by atoms with van der Waals surface area (Å²) >= 11 is 1.29. The highest BCUT2D eigenvalue weighted by atomic mass is 32.1. The smallest absolute Gasteiger partial charge is 0.261 e. The molecule has 166 valence electrons. The maximum Gasteiger partial charge on any atom is 0.261 e. The largest absolute Gasteiger partial charge is 0.497 e. The van der Waals surface area contributed by atoms with Crippen LogP contribution in [0.1, 0.15) is 10.4 Å². The Kier molecular flexibility index (Phi) is 6.51. The Labute approximate surface area is 195 Å². The summed E-state index contributed by atoms with van der Waals surface area (Å²) in [5.41, 5.74) is 4.45. The molecule has 5 nitrogen and oxygen atoms in total. The number of carbonyl (C=O) groups is 2. The van der Waals surface area contributed by atoms with Gasteiger partial charge in [-0.25, -0.2) is 4.39 Å². The lowest BCUT2D eigenvalue weighted by atomic mass is 9.99. The first-order valence-electron chi connectivity index (χ1n) is 10.1. The molecule has 0 saturated heterocycles. The van der Waals surface area contributed by atoms with Gasteiger partial charge < -0.3 is 15.0 Å². The zero-order valence-corrected chi connectivity index (χ0v) is 18.9. The Balaban J connectivity index is 1.70. The van der Waals surface area contributed by atoms with Gasteiger partial charge in [-0.3, -0.25) is 9.59 Å². The maximum atomic E-state index is 13.5. The molecule has 1 aromatic heterocycles. The molecule has 4 rings (SSSR count). The number of benzene rings is 3. The average molecular weight is 461 g/mol. The number of carbonyl (C=O) groups excluding carboxylic acids is 2. The number of thiophene rings is 1. The molecule has 0 spiro atoms. The lowest BCUT2D eigenvalue weighted by Crippen LogP contribution is -2.27. The molecule has 0 aliphatic carbocycles. The van der Waals surface area contributed by atoms with Crippen LogP contribution in [0.4, 0.5) is 15.1 Å². The quantitative estimate of drug-likeness (QED) is 0.340. The van der Waals surface area contributed by atoms with Crippen molar-refractivity contribution in [2.45, 2.75) is 0 Å². The number of ether oxygens (including phenoxy) is 1. The molecule has 0 fully saturated rings. The van der Waals surface area contributed by atoms with Crippen LogP contribution in [0.25, 0.3) is 22.3 Å². The number of hydrogen-bond donors (Lipinski definition) is 1. The van der Waals surface area contributed by atoms with E-state index in [1.807, 2.05) is 41.8 Å². The predicted octanol–water partition coefficient (Wildman–Crippen LogP) is 6.07. The number of halogens is 1. The first-order valence-corrected chi connectivity index (χ1v) is 11.0. The fourth-order valence-corrected chi connectivity index (χ4v) is 4.45. The first kappa shape index (κ1) is 22.2. The summed E-state index contributed by atoms with van der Waals surface area (Å²) < 4.78 is 18.5. The molecular formula is C26H21FN2O3S. The number of rotatable bonds is 7. The van der Waals surface area contributed by atoms with Gasteiger partial charge >= 0.3 is 0 Å².